The predicted octanol–water partition coefficient (Wildman–Crippen LogP) is 3.04. The first-order valence-electron chi connectivity index (χ1n) is 5.97. The number of amides is 1. The van der Waals surface area contributed by atoms with Gasteiger partial charge in [-0.15, -0.1) is 11.6 Å². The van der Waals surface area contributed by atoms with Crippen LogP contribution in [0.25, 0.3) is 0 Å². The second kappa shape index (κ2) is 7.03. The highest BCUT2D eigenvalue weighted by molar-refractivity contribution is 6.17. The van der Waals surface area contributed by atoms with Crippen LogP contribution < -0.4 is 0 Å². The fraction of sp³-hybridized carbons (Fsp3) is 0.429. The van der Waals surface area contributed by atoms with Crippen LogP contribution in [-0.2, 0) is 0 Å². The molecule has 0 radical (unpaired) electrons. The normalized spacial score (nSPS) is 10.2. The summed E-state index contributed by atoms with van der Waals surface area (Å²) < 4.78 is 0. The summed E-state index contributed by atoms with van der Waals surface area (Å²) in [6, 6.07) is 8.94. The van der Waals surface area contributed by atoms with Crippen LogP contribution in [0.15, 0.2) is 24.3 Å². The Hall–Kier alpha value is -1.53. The molecule has 3 nitrogen and oxygen atoms in total. The van der Waals surface area contributed by atoms with Crippen molar-refractivity contribution in [1.82, 2.24) is 4.90 Å². The lowest BCUT2D eigenvalue weighted by atomic mass is 10.1. The van der Waals surface area contributed by atoms with Gasteiger partial charge in [0.25, 0.3) is 5.91 Å². The molecule has 0 bridgehead atoms. The summed E-state index contributed by atoms with van der Waals surface area (Å²) in [7, 11) is 0. The Morgan fingerprint density at radius 2 is 2.22 bits per heavy atom. The number of nitrogens with zero attached hydrogens (tertiary/aromatic N) is 2. The lowest BCUT2D eigenvalue weighted by Crippen LogP contribution is -2.37. The van der Waals surface area contributed by atoms with Crippen LogP contribution in [0.1, 0.15) is 36.2 Å². The summed E-state index contributed by atoms with van der Waals surface area (Å²) in [5.41, 5.74) is 1.05. The maximum atomic E-state index is 12.3. The zero-order valence-corrected chi connectivity index (χ0v) is 11.4. The number of carbonyl (C=O) groups excluding carboxylic acids is 1. The van der Waals surface area contributed by atoms with Crippen LogP contribution in [0.4, 0.5) is 0 Å². The number of benzene rings is 1. The molecule has 1 aromatic rings. The monoisotopic (exact) mass is 264 g/mol. The maximum Gasteiger partial charge on any atom is 0.254 e. The van der Waals surface area contributed by atoms with Crippen LogP contribution in [0, 0.1) is 11.3 Å². The van der Waals surface area contributed by atoms with Crippen molar-refractivity contribution in [3.8, 4) is 6.07 Å². The largest absolute Gasteiger partial charge is 0.336 e. The van der Waals surface area contributed by atoms with Crippen LogP contribution in [-0.4, -0.2) is 29.3 Å². The number of rotatable bonds is 5. The predicted molar refractivity (Wildman–Crippen MR) is 72.7 cm³/mol. The van der Waals surface area contributed by atoms with E-state index in [9.17, 15) is 4.79 Å². The number of hydrogen-bond donors (Lipinski definition) is 0. The van der Waals surface area contributed by atoms with Gasteiger partial charge in [0.15, 0.2) is 0 Å². The average molecular weight is 265 g/mol. The summed E-state index contributed by atoms with van der Waals surface area (Å²) >= 11 is 5.67. The first kappa shape index (κ1) is 14.5. The van der Waals surface area contributed by atoms with E-state index in [-0.39, 0.29) is 11.9 Å². The second-order valence-corrected chi connectivity index (χ2v) is 4.71. The Kier molecular flexibility index (Phi) is 5.67. The summed E-state index contributed by atoms with van der Waals surface area (Å²) in [4.78, 5) is 14.1. The van der Waals surface area contributed by atoms with Gasteiger partial charge >= 0.3 is 0 Å². The number of nitriles is 1. The molecule has 18 heavy (non-hydrogen) atoms. The van der Waals surface area contributed by atoms with Gasteiger partial charge in [-0.3, -0.25) is 4.79 Å². The van der Waals surface area contributed by atoms with Crippen molar-refractivity contribution in [2.45, 2.75) is 26.3 Å². The Morgan fingerprint density at radius 1 is 1.50 bits per heavy atom. The molecule has 0 aromatic heterocycles. The van der Waals surface area contributed by atoms with E-state index in [1.54, 1.807) is 29.2 Å². The number of carbonyl (C=O) groups is 1. The molecule has 0 saturated carbocycles. The summed E-state index contributed by atoms with van der Waals surface area (Å²) in [6.45, 7) is 4.58. The van der Waals surface area contributed by atoms with Crippen molar-refractivity contribution in [2.24, 2.45) is 0 Å². The van der Waals surface area contributed by atoms with E-state index in [1.807, 2.05) is 19.9 Å². The van der Waals surface area contributed by atoms with E-state index in [4.69, 9.17) is 16.9 Å². The van der Waals surface area contributed by atoms with E-state index < -0.39 is 0 Å². The third-order valence-corrected chi connectivity index (χ3v) is 2.92. The van der Waals surface area contributed by atoms with E-state index in [1.165, 1.54) is 0 Å². The van der Waals surface area contributed by atoms with E-state index in [0.717, 1.165) is 6.42 Å². The molecule has 0 atom stereocenters. The molecule has 0 unspecified atom stereocenters. The zero-order chi connectivity index (χ0) is 13.5. The minimum atomic E-state index is -0.0489. The molecule has 0 heterocycles. The van der Waals surface area contributed by atoms with Crippen molar-refractivity contribution < 1.29 is 4.79 Å². The van der Waals surface area contributed by atoms with Crippen molar-refractivity contribution in [2.75, 3.05) is 12.4 Å². The molecule has 1 amide bonds. The molecule has 0 aliphatic heterocycles. The van der Waals surface area contributed by atoms with Gasteiger partial charge in [0.2, 0.25) is 0 Å². The van der Waals surface area contributed by atoms with Gasteiger partial charge in [0.05, 0.1) is 11.6 Å². The van der Waals surface area contributed by atoms with Gasteiger partial charge in [0.1, 0.15) is 0 Å². The van der Waals surface area contributed by atoms with Crippen LogP contribution in [0.3, 0.4) is 0 Å². The third-order valence-electron chi connectivity index (χ3n) is 2.66. The van der Waals surface area contributed by atoms with E-state index >= 15 is 0 Å². The lowest BCUT2D eigenvalue weighted by molar-refractivity contribution is 0.0706. The minimum absolute atomic E-state index is 0.0489. The molecule has 0 aliphatic rings. The minimum Gasteiger partial charge on any atom is -0.336 e. The molecule has 1 rings (SSSR count). The maximum absolute atomic E-state index is 12.3. The van der Waals surface area contributed by atoms with Gasteiger partial charge in [-0.2, -0.15) is 5.26 Å². The Morgan fingerprint density at radius 3 is 2.78 bits per heavy atom. The number of hydrogen-bond acceptors (Lipinski definition) is 2. The van der Waals surface area contributed by atoms with Crippen molar-refractivity contribution in [3.63, 3.8) is 0 Å². The topological polar surface area (TPSA) is 44.1 Å². The highest BCUT2D eigenvalue weighted by Crippen LogP contribution is 2.11. The van der Waals surface area contributed by atoms with Gasteiger partial charge < -0.3 is 4.90 Å². The average Bonchev–Trinajstić information content (AvgIpc) is 2.38. The molecule has 1 aromatic carbocycles. The molecule has 96 valence electrons. The fourth-order valence-corrected chi connectivity index (χ4v) is 1.83. The molecule has 0 fully saturated rings. The molecule has 0 N–H and O–H groups in total. The summed E-state index contributed by atoms with van der Waals surface area (Å²) in [6.07, 6.45) is 0.767. The van der Waals surface area contributed by atoms with E-state index in [0.29, 0.717) is 23.6 Å². The fourth-order valence-electron chi connectivity index (χ4n) is 1.71. The number of halogens is 1. The first-order valence-corrected chi connectivity index (χ1v) is 6.50. The van der Waals surface area contributed by atoms with Crippen molar-refractivity contribution in [1.29, 1.82) is 5.26 Å². The van der Waals surface area contributed by atoms with Crippen LogP contribution in [0.2, 0.25) is 0 Å². The standard InChI is InChI=1S/C14H17ClN2O/c1-11(2)17(8-4-7-15)14(18)13-6-3-5-12(9-13)10-16/h3,5-6,9,11H,4,7-8H2,1-2H3. The first-order chi connectivity index (χ1) is 8.60. The SMILES string of the molecule is CC(C)N(CCCCl)C(=O)c1cccc(C#N)c1. The Bertz CT molecular complexity index is 451. The second-order valence-electron chi connectivity index (χ2n) is 4.33. The number of alkyl halides is 1. The van der Waals surface area contributed by atoms with Crippen LogP contribution >= 0.6 is 11.6 Å². The highest BCUT2D eigenvalue weighted by atomic mass is 35.5. The highest BCUT2D eigenvalue weighted by Gasteiger charge is 2.18. The van der Waals surface area contributed by atoms with Crippen LogP contribution in [0.5, 0.6) is 0 Å². The van der Waals surface area contributed by atoms with E-state index in [2.05, 4.69) is 0 Å². The van der Waals surface area contributed by atoms with Crippen molar-refractivity contribution >= 4 is 17.5 Å². The lowest BCUT2D eigenvalue weighted by Gasteiger charge is -2.26. The van der Waals surface area contributed by atoms with Gasteiger partial charge in [-0.05, 0) is 38.5 Å². The molecule has 0 saturated heterocycles. The molecular formula is C14H17ClN2O. The zero-order valence-electron chi connectivity index (χ0n) is 10.7. The smallest absolute Gasteiger partial charge is 0.254 e. The quantitative estimate of drug-likeness (QED) is 0.768. The van der Waals surface area contributed by atoms with Gasteiger partial charge in [-0.25, -0.2) is 0 Å². The molecule has 0 spiro atoms. The Balaban J connectivity index is 2.91. The third kappa shape index (κ3) is 3.75. The molecule has 4 heteroatoms. The molecular weight excluding hydrogens is 248 g/mol. The van der Waals surface area contributed by atoms with Crippen molar-refractivity contribution in [3.05, 3.63) is 35.4 Å². The van der Waals surface area contributed by atoms with Gasteiger partial charge in [0, 0.05) is 24.0 Å². The molecule has 0 aliphatic carbocycles. The summed E-state index contributed by atoms with van der Waals surface area (Å²) in [5, 5.41) is 8.84. The van der Waals surface area contributed by atoms with Gasteiger partial charge in [-0.1, -0.05) is 6.07 Å². The summed E-state index contributed by atoms with van der Waals surface area (Å²) in [5.74, 6) is 0.488. The Labute approximate surface area is 113 Å².